The molecule has 1 saturated heterocycles. The standard InChI is InChI=1S/C21H19N7O2S/c29-20(16-2-1-3-18-24-25-26-28(16)18)27-9-5-21(6-10-27)19-14(4-11-30-21)12-17(31-19)15-13-22-7-8-23-15/h1-3,7-8,12-13H,4-6,9-11H2. The largest absolute Gasteiger partial charge is 0.369 e. The number of carbonyl (C=O) groups is 1. The Hall–Kier alpha value is -3.24. The zero-order valence-corrected chi connectivity index (χ0v) is 17.5. The first-order valence-corrected chi connectivity index (χ1v) is 11.1. The highest BCUT2D eigenvalue weighted by atomic mass is 32.1. The van der Waals surface area contributed by atoms with Gasteiger partial charge in [0.25, 0.3) is 5.91 Å². The van der Waals surface area contributed by atoms with Crippen LogP contribution in [0.1, 0.15) is 33.8 Å². The molecule has 2 aliphatic heterocycles. The molecule has 4 aromatic rings. The number of thiophene rings is 1. The maximum Gasteiger partial charge on any atom is 0.272 e. The summed E-state index contributed by atoms with van der Waals surface area (Å²) in [6.45, 7) is 1.94. The predicted molar refractivity (Wildman–Crippen MR) is 113 cm³/mol. The molecule has 0 N–H and O–H groups in total. The first-order chi connectivity index (χ1) is 15.2. The third-order valence-electron chi connectivity index (χ3n) is 6.09. The van der Waals surface area contributed by atoms with E-state index in [0.717, 1.165) is 29.8 Å². The Balaban J connectivity index is 1.26. The molecule has 1 fully saturated rings. The number of fused-ring (bicyclic) bond motifs is 3. The van der Waals surface area contributed by atoms with Gasteiger partial charge in [-0.3, -0.25) is 14.8 Å². The molecule has 1 spiro atoms. The van der Waals surface area contributed by atoms with Crippen molar-refractivity contribution in [2.45, 2.75) is 24.9 Å². The molecular weight excluding hydrogens is 414 g/mol. The number of carbonyl (C=O) groups excluding carboxylic acids is 1. The molecule has 0 radical (unpaired) electrons. The molecule has 0 atom stereocenters. The summed E-state index contributed by atoms with van der Waals surface area (Å²) >= 11 is 1.74. The molecule has 0 bridgehead atoms. The lowest BCUT2D eigenvalue weighted by molar-refractivity contribution is -0.0906. The Bertz CT molecular complexity index is 1260. The Kier molecular flexibility index (Phi) is 4.29. The van der Waals surface area contributed by atoms with E-state index in [1.807, 2.05) is 4.90 Å². The van der Waals surface area contributed by atoms with E-state index in [9.17, 15) is 4.79 Å². The van der Waals surface area contributed by atoms with Gasteiger partial charge in [-0.15, -0.1) is 16.4 Å². The molecule has 4 aromatic heterocycles. The highest BCUT2D eigenvalue weighted by Crippen LogP contribution is 2.47. The summed E-state index contributed by atoms with van der Waals surface area (Å²) in [6, 6.07) is 7.58. The number of likely N-dealkylation sites (tertiary alicyclic amines) is 1. The van der Waals surface area contributed by atoms with E-state index in [-0.39, 0.29) is 11.5 Å². The number of hydrogen-bond donors (Lipinski definition) is 0. The molecule has 10 heteroatoms. The minimum atomic E-state index is -0.337. The van der Waals surface area contributed by atoms with Crippen LogP contribution in [-0.4, -0.2) is 60.5 Å². The molecule has 0 aliphatic carbocycles. The van der Waals surface area contributed by atoms with Crippen LogP contribution in [-0.2, 0) is 16.8 Å². The van der Waals surface area contributed by atoms with Crippen LogP contribution in [0.25, 0.3) is 16.2 Å². The van der Waals surface area contributed by atoms with E-state index >= 15 is 0 Å². The van der Waals surface area contributed by atoms with Crippen LogP contribution in [0, 0.1) is 0 Å². The number of aromatic nitrogens is 6. The van der Waals surface area contributed by atoms with Gasteiger partial charge in [0, 0.05) is 30.4 Å². The molecule has 0 aromatic carbocycles. The Morgan fingerprint density at radius 1 is 1.19 bits per heavy atom. The highest BCUT2D eigenvalue weighted by molar-refractivity contribution is 7.15. The second kappa shape index (κ2) is 7.17. The van der Waals surface area contributed by atoms with E-state index in [1.54, 1.807) is 48.1 Å². The van der Waals surface area contributed by atoms with E-state index in [2.05, 4.69) is 31.6 Å². The van der Waals surface area contributed by atoms with Gasteiger partial charge in [0.05, 0.1) is 23.4 Å². The lowest BCUT2D eigenvalue weighted by Crippen LogP contribution is -2.48. The van der Waals surface area contributed by atoms with Crippen LogP contribution < -0.4 is 0 Å². The molecule has 1 amide bonds. The maximum absolute atomic E-state index is 13.2. The summed E-state index contributed by atoms with van der Waals surface area (Å²) in [7, 11) is 0. The molecule has 6 heterocycles. The quantitative estimate of drug-likeness (QED) is 0.478. The number of hydrogen-bond acceptors (Lipinski definition) is 8. The van der Waals surface area contributed by atoms with Gasteiger partial charge in [-0.2, -0.15) is 4.52 Å². The van der Waals surface area contributed by atoms with Gasteiger partial charge in [0.15, 0.2) is 5.65 Å². The topological polar surface area (TPSA) is 98.4 Å². The average molecular weight is 433 g/mol. The van der Waals surface area contributed by atoms with Gasteiger partial charge in [-0.05, 0) is 53.5 Å². The second-order valence-electron chi connectivity index (χ2n) is 7.80. The van der Waals surface area contributed by atoms with Crippen LogP contribution in [0.3, 0.4) is 0 Å². The average Bonchev–Trinajstić information content (AvgIpc) is 3.48. The fourth-order valence-corrected chi connectivity index (χ4v) is 5.88. The lowest BCUT2D eigenvalue weighted by atomic mass is 9.85. The molecule has 0 unspecified atom stereocenters. The Labute approximate surface area is 181 Å². The highest BCUT2D eigenvalue weighted by Gasteiger charge is 2.43. The monoisotopic (exact) mass is 433 g/mol. The molecule has 9 nitrogen and oxygen atoms in total. The van der Waals surface area contributed by atoms with Gasteiger partial charge in [-0.1, -0.05) is 6.07 Å². The van der Waals surface area contributed by atoms with Crippen LogP contribution in [0.5, 0.6) is 0 Å². The SMILES string of the molecule is O=C(c1cccc2nnnn12)N1CCC2(CC1)OCCc1cc(-c3cnccn3)sc12. The molecule has 6 rings (SSSR count). The third-order valence-corrected chi connectivity index (χ3v) is 7.47. The number of ether oxygens (including phenoxy) is 1. The van der Waals surface area contributed by atoms with E-state index in [0.29, 0.717) is 31.0 Å². The summed E-state index contributed by atoms with van der Waals surface area (Å²) < 4.78 is 7.87. The van der Waals surface area contributed by atoms with Crippen molar-refractivity contribution in [3.63, 3.8) is 0 Å². The van der Waals surface area contributed by atoms with Gasteiger partial charge in [0.2, 0.25) is 0 Å². The summed E-state index contributed by atoms with van der Waals surface area (Å²) in [6.07, 6.45) is 7.62. The lowest BCUT2D eigenvalue weighted by Gasteiger charge is -2.43. The van der Waals surface area contributed by atoms with Gasteiger partial charge < -0.3 is 9.64 Å². The molecule has 2 aliphatic rings. The van der Waals surface area contributed by atoms with E-state index < -0.39 is 0 Å². The summed E-state index contributed by atoms with van der Waals surface area (Å²) in [5, 5.41) is 11.6. The molecular formula is C21H19N7O2S. The normalized spacial score (nSPS) is 17.7. The van der Waals surface area contributed by atoms with Crippen molar-refractivity contribution in [3.8, 4) is 10.6 Å². The van der Waals surface area contributed by atoms with Crippen molar-refractivity contribution >= 4 is 22.9 Å². The third kappa shape index (κ3) is 3.02. The maximum atomic E-state index is 13.2. The number of rotatable bonds is 2. The van der Waals surface area contributed by atoms with Crippen LogP contribution >= 0.6 is 11.3 Å². The second-order valence-corrected chi connectivity index (χ2v) is 8.85. The smallest absolute Gasteiger partial charge is 0.272 e. The Morgan fingerprint density at radius 3 is 2.94 bits per heavy atom. The zero-order valence-electron chi connectivity index (χ0n) is 16.6. The van der Waals surface area contributed by atoms with Crippen LogP contribution in [0.15, 0.2) is 42.9 Å². The van der Waals surface area contributed by atoms with Gasteiger partial charge in [-0.25, -0.2) is 0 Å². The van der Waals surface area contributed by atoms with Crippen molar-refractivity contribution in [1.82, 2.24) is 34.9 Å². The molecule has 31 heavy (non-hydrogen) atoms. The number of tetrazole rings is 1. The van der Waals surface area contributed by atoms with Crippen molar-refractivity contribution in [3.05, 3.63) is 59.0 Å². The van der Waals surface area contributed by atoms with Gasteiger partial charge >= 0.3 is 0 Å². The number of piperidine rings is 1. The summed E-state index contributed by atoms with van der Waals surface area (Å²) in [5.41, 5.74) is 2.92. The first kappa shape index (κ1) is 18.5. The first-order valence-electron chi connectivity index (χ1n) is 10.2. The number of amides is 1. The molecule has 156 valence electrons. The van der Waals surface area contributed by atoms with Crippen molar-refractivity contribution in [2.24, 2.45) is 0 Å². The van der Waals surface area contributed by atoms with Crippen molar-refractivity contribution in [1.29, 1.82) is 0 Å². The molecule has 0 saturated carbocycles. The fraction of sp³-hybridized carbons (Fsp3) is 0.333. The van der Waals surface area contributed by atoms with Crippen molar-refractivity contribution < 1.29 is 9.53 Å². The minimum absolute atomic E-state index is 0.0600. The summed E-state index contributed by atoms with van der Waals surface area (Å²) in [5.74, 6) is -0.0600. The zero-order chi connectivity index (χ0) is 20.8. The Morgan fingerprint density at radius 2 is 2.10 bits per heavy atom. The number of nitrogens with zero attached hydrogens (tertiary/aromatic N) is 7. The van der Waals surface area contributed by atoms with E-state index in [4.69, 9.17) is 4.74 Å². The minimum Gasteiger partial charge on any atom is -0.369 e. The van der Waals surface area contributed by atoms with Crippen molar-refractivity contribution in [2.75, 3.05) is 19.7 Å². The predicted octanol–water partition coefficient (Wildman–Crippen LogP) is 2.35. The van der Waals surface area contributed by atoms with Gasteiger partial charge in [0.1, 0.15) is 11.3 Å². The van der Waals surface area contributed by atoms with Crippen LogP contribution in [0.4, 0.5) is 0 Å². The summed E-state index contributed by atoms with van der Waals surface area (Å²) in [4.78, 5) is 26.1. The number of pyridine rings is 1. The van der Waals surface area contributed by atoms with Crippen LogP contribution in [0.2, 0.25) is 0 Å². The van der Waals surface area contributed by atoms with E-state index in [1.165, 1.54) is 15.0 Å². The fourth-order valence-electron chi connectivity index (χ4n) is 4.51.